The molecule has 0 amide bonds. The molecule has 0 saturated heterocycles. The van der Waals surface area contributed by atoms with Gasteiger partial charge in [-0.2, -0.15) is 0 Å². The lowest BCUT2D eigenvalue weighted by Crippen LogP contribution is -2.19. The smallest absolute Gasteiger partial charge is 0.0764 e. The van der Waals surface area contributed by atoms with Gasteiger partial charge < -0.3 is 5.32 Å². The van der Waals surface area contributed by atoms with Crippen LogP contribution < -0.4 is 5.32 Å². The van der Waals surface area contributed by atoms with Crippen molar-refractivity contribution in [3.8, 4) is 0 Å². The van der Waals surface area contributed by atoms with Gasteiger partial charge >= 0.3 is 0 Å². The van der Waals surface area contributed by atoms with Gasteiger partial charge in [0.2, 0.25) is 0 Å². The van der Waals surface area contributed by atoms with Gasteiger partial charge in [0.1, 0.15) is 0 Å². The van der Waals surface area contributed by atoms with E-state index in [9.17, 15) is 0 Å². The Morgan fingerprint density at radius 2 is 1.76 bits per heavy atom. The molecular formula is C17H14Cl2N2. The predicted molar refractivity (Wildman–Crippen MR) is 89.1 cm³/mol. The van der Waals surface area contributed by atoms with Crippen molar-refractivity contribution in [2.24, 2.45) is 0 Å². The van der Waals surface area contributed by atoms with Crippen molar-refractivity contribution < 1.29 is 0 Å². The van der Waals surface area contributed by atoms with Crippen LogP contribution in [0.5, 0.6) is 0 Å². The Hall–Kier alpha value is -1.61. The van der Waals surface area contributed by atoms with E-state index in [4.69, 9.17) is 28.2 Å². The summed E-state index contributed by atoms with van der Waals surface area (Å²) in [5, 5.41) is 5.50. The van der Waals surface area contributed by atoms with Crippen molar-refractivity contribution in [3.63, 3.8) is 0 Å². The fraction of sp³-hybridized carbons (Fsp3) is 0.118. The second-order valence-corrected chi connectivity index (χ2v) is 5.58. The standard InChI is InChI=1S/C17H14Cl2N2/c1-20-17(12-6-4-7-13(18)16(12)19)15-10-9-11-5-2-3-8-14(11)21-15/h2-10,17,20H,1H3. The number of hydrogen-bond donors (Lipinski definition) is 1. The number of benzene rings is 2. The fourth-order valence-corrected chi connectivity index (χ4v) is 2.87. The summed E-state index contributed by atoms with van der Waals surface area (Å²) in [5.74, 6) is 0. The Morgan fingerprint density at radius 3 is 2.57 bits per heavy atom. The molecular weight excluding hydrogens is 303 g/mol. The lowest BCUT2D eigenvalue weighted by molar-refractivity contribution is 0.674. The monoisotopic (exact) mass is 316 g/mol. The average Bonchev–Trinajstić information content (AvgIpc) is 2.52. The summed E-state index contributed by atoms with van der Waals surface area (Å²) in [4.78, 5) is 4.73. The van der Waals surface area contributed by atoms with Crippen LogP contribution in [0.2, 0.25) is 10.0 Å². The van der Waals surface area contributed by atoms with Gasteiger partial charge in [0.15, 0.2) is 0 Å². The zero-order valence-corrected chi connectivity index (χ0v) is 13.0. The number of hydrogen-bond acceptors (Lipinski definition) is 2. The minimum absolute atomic E-state index is 0.0965. The molecule has 0 saturated carbocycles. The molecule has 1 atom stereocenters. The molecule has 3 rings (SSSR count). The van der Waals surface area contributed by atoms with Crippen LogP contribution in [0.3, 0.4) is 0 Å². The van der Waals surface area contributed by atoms with Gasteiger partial charge in [-0.05, 0) is 30.8 Å². The lowest BCUT2D eigenvalue weighted by Gasteiger charge is -2.18. The maximum absolute atomic E-state index is 6.34. The molecule has 1 heterocycles. The highest BCUT2D eigenvalue weighted by Gasteiger charge is 2.18. The summed E-state index contributed by atoms with van der Waals surface area (Å²) in [6.45, 7) is 0. The number of fused-ring (bicyclic) bond motifs is 1. The molecule has 0 spiro atoms. The third-order valence-electron chi connectivity index (χ3n) is 3.50. The van der Waals surface area contributed by atoms with Crippen LogP contribution in [0.15, 0.2) is 54.6 Å². The number of nitrogens with one attached hydrogen (secondary N) is 1. The Balaban J connectivity index is 2.11. The van der Waals surface area contributed by atoms with E-state index >= 15 is 0 Å². The lowest BCUT2D eigenvalue weighted by atomic mass is 10.0. The van der Waals surface area contributed by atoms with Gasteiger partial charge in [-0.1, -0.05) is 59.6 Å². The molecule has 0 aliphatic heterocycles. The summed E-state index contributed by atoms with van der Waals surface area (Å²) < 4.78 is 0. The van der Waals surface area contributed by atoms with E-state index in [-0.39, 0.29) is 6.04 Å². The maximum Gasteiger partial charge on any atom is 0.0764 e. The summed E-state index contributed by atoms with van der Waals surface area (Å²) in [6, 6.07) is 17.7. The first-order valence-electron chi connectivity index (χ1n) is 6.67. The normalized spacial score (nSPS) is 12.5. The molecule has 0 radical (unpaired) electrons. The minimum atomic E-state index is -0.0965. The SMILES string of the molecule is CNC(c1ccc2ccccc2n1)c1cccc(Cl)c1Cl. The van der Waals surface area contributed by atoms with Crippen molar-refractivity contribution >= 4 is 34.1 Å². The largest absolute Gasteiger partial charge is 0.308 e. The quantitative estimate of drug-likeness (QED) is 0.747. The molecule has 2 aromatic carbocycles. The van der Waals surface area contributed by atoms with Crippen LogP contribution in [0, 0.1) is 0 Å². The van der Waals surface area contributed by atoms with Crippen molar-refractivity contribution in [2.75, 3.05) is 7.05 Å². The first-order valence-corrected chi connectivity index (χ1v) is 7.43. The van der Waals surface area contributed by atoms with Gasteiger partial charge in [0.25, 0.3) is 0 Å². The second kappa shape index (κ2) is 6.02. The first kappa shape index (κ1) is 14.3. The molecule has 0 aliphatic carbocycles. The van der Waals surface area contributed by atoms with Crippen LogP contribution in [0.4, 0.5) is 0 Å². The number of pyridine rings is 1. The minimum Gasteiger partial charge on any atom is -0.308 e. The topological polar surface area (TPSA) is 24.9 Å². The Kier molecular flexibility index (Phi) is 4.11. The van der Waals surface area contributed by atoms with Crippen molar-refractivity contribution in [3.05, 3.63) is 75.9 Å². The van der Waals surface area contributed by atoms with Gasteiger partial charge in [-0.3, -0.25) is 4.98 Å². The van der Waals surface area contributed by atoms with Crippen LogP contribution in [0.25, 0.3) is 10.9 Å². The predicted octanol–water partition coefficient (Wildman–Crippen LogP) is 4.85. The third kappa shape index (κ3) is 2.75. The van der Waals surface area contributed by atoms with Crippen molar-refractivity contribution in [2.45, 2.75) is 6.04 Å². The fourth-order valence-electron chi connectivity index (χ4n) is 2.45. The third-order valence-corrected chi connectivity index (χ3v) is 4.33. The number of aromatic nitrogens is 1. The van der Waals surface area contributed by atoms with Crippen LogP contribution in [0.1, 0.15) is 17.3 Å². The van der Waals surface area contributed by atoms with E-state index in [0.717, 1.165) is 22.2 Å². The Morgan fingerprint density at radius 1 is 0.952 bits per heavy atom. The molecule has 1 aromatic heterocycles. The molecule has 1 unspecified atom stereocenters. The molecule has 0 aliphatic rings. The van der Waals surface area contributed by atoms with E-state index in [0.29, 0.717) is 10.0 Å². The van der Waals surface area contributed by atoms with Crippen LogP contribution >= 0.6 is 23.2 Å². The van der Waals surface area contributed by atoms with Gasteiger partial charge in [-0.25, -0.2) is 0 Å². The molecule has 106 valence electrons. The molecule has 2 nitrogen and oxygen atoms in total. The summed E-state index contributed by atoms with van der Waals surface area (Å²) in [7, 11) is 1.89. The summed E-state index contributed by atoms with van der Waals surface area (Å²) in [5.41, 5.74) is 2.81. The van der Waals surface area contributed by atoms with Gasteiger partial charge in [-0.15, -0.1) is 0 Å². The highest BCUT2D eigenvalue weighted by atomic mass is 35.5. The van der Waals surface area contributed by atoms with E-state index in [1.54, 1.807) is 6.07 Å². The Labute approximate surface area is 133 Å². The molecule has 0 fully saturated rings. The van der Waals surface area contributed by atoms with E-state index in [2.05, 4.69) is 11.4 Å². The van der Waals surface area contributed by atoms with E-state index in [1.165, 1.54) is 0 Å². The maximum atomic E-state index is 6.34. The first-order chi connectivity index (χ1) is 10.2. The zero-order chi connectivity index (χ0) is 14.8. The molecule has 4 heteroatoms. The van der Waals surface area contributed by atoms with E-state index in [1.807, 2.05) is 49.5 Å². The van der Waals surface area contributed by atoms with Gasteiger partial charge in [0, 0.05) is 5.39 Å². The van der Waals surface area contributed by atoms with Crippen LogP contribution in [-0.2, 0) is 0 Å². The average molecular weight is 317 g/mol. The van der Waals surface area contributed by atoms with Gasteiger partial charge in [0.05, 0.1) is 27.3 Å². The number of para-hydroxylation sites is 1. The Bertz CT molecular complexity index is 787. The van der Waals surface area contributed by atoms with Crippen molar-refractivity contribution in [1.82, 2.24) is 10.3 Å². The summed E-state index contributed by atoms with van der Waals surface area (Å²) >= 11 is 12.5. The molecule has 0 bridgehead atoms. The molecule has 21 heavy (non-hydrogen) atoms. The molecule has 3 aromatic rings. The van der Waals surface area contributed by atoms with Crippen LogP contribution in [-0.4, -0.2) is 12.0 Å². The van der Waals surface area contributed by atoms with E-state index < -0.39 is 0 Å². The zero-order valence-electron chi connectivity index (χ0n) is 11.5. The highest BCUT2D eigenvalue weighted by molar-refractivity contribution is 6.42. The number of rotatable bonds is 3. The van der Waals surface area contributed by atoms with Crippen molar-refractivity contribution in [1.29, 1.82) is 0 Å². The number of nitrogens with zero attached hydrogens (tertiary/aromatic N) is 1. The molecule has 1 N–H and O–H groups in total. The summed E-state index contributed by atoms with van der Waals surface area (Å²) in [6.07, 6.45) is 0. The number of halogens is 2. The highest BCUT2D eigenvalue weighted by Crippen LogP contribution is 2.32. The second-order valence-electron chi connectivity index (χ2n) is 4.79.